The number of hydrogen-bond acceptors (Lipinski definition) is 4. The Morgan fingerprint density at radius 2 is 2.33 bits per heavy atom. The summed E-state index contributed by atoms with van der Waals surface area (Å²) in [6.07, 6.45) is 6.35. The van der Waals surface area contributed by atoms with Crippen molar-refractivity contribution in [3.8, 4) is 0 Å². The van der Waals surface area contributed by atoms with E-state index in [2.05, 4.69) is 40.2 Å². The van der Waals surface area contributed by atoms with E-state index in [1.165, 1.54) is 12.8 Å². The van der Waals surface area contributed by atoms with Gasteiger partial charge >= 0.3 is 0 Å². The number of anilines is 1. The Labute approximate surface area is 126 Å². The van der Waals surface area contributed by atoms with Gasteiger partial charge in [0.25, 0.3) is 0 Å². The SMILES string of the molecule is Cc1cc2c(N(CC3CCCNC3)C(C)C)nccn2n1. The highest BCUT2D eigenvalue weighted by molar-refractivity contribution is 5.69. The molecule has 0 amide bonds. The molecule has 0 spiro atoms. The summed E-state index contributed by atoms with van der Waals surface area (Å²) in [4.78, 5) is 7.08. The lowest BCUT2D eigenvalue weighted by Crippen LogP contribution is -2.41. The van der Waals surface area contributed by atoms with Crippen molar-refractivity contribution >= 4 is 11.3 Å². The second-order valence-corrected chi connectivity index (χ2v) is 6.32. The number of rotatable bonds is 4. The van der Waals surface area contributed by atoms with E-state index in [1.54, 1.807) is 0 Å². The lowest BCUT2D eigenvalue weighted by atomic mass is 9.98. The van der Waals surface area contributed by atoms with Gasteiger partial charge in [0.05, 0.1) is 5.69 Å². The van der Waals surface area contributed by atoms with Crippen LogP contribution in [0, 0.1) is 12.8 Å². The van der Waals surface area contributed by atoms with Crippen LogP contribution in [0.5, 0.6) is 0 Å². The number of nitrogens with one attached hydrogen (secondary N) is 1. The fourth-order valence-corrected chi connectivity index (χ4v) is 3.15. The number of aryl methyl sites for hydroxylation is 1. The Morgan fingerprint density at radius 3 is 3.05 bits per heavy atom. The highest BCUT2D eigenvalue weighted by atomic mass is 15.3. The van der Waals surface area contributed by atoms with Crippen LogP contribution in [0.15, 0.2) is 18.5 Å². The van der Waals surface area contributed by atoms with Gasteiger partial charge in [0.15, 0.2) is 5.82 Å². The van der Waals surface area contributed by atoms with Crippen molar-refractivity contribution in [1.82, 2.24) is 19.9 Å². The van der Waals surface area contributed by atoms with Crippen molar-refractivity contribution in [1.29, 1.82) is 0 Å². The third-order valence-electron chi connectivity index (χ3n) is 4.24. The molecular formula is C16H25N5. The molecule has 1 N–H and O–H groups in total. The summed E-state index contributed by atoms with van der Waals surface area (Å²) in [5.74, 6) is 1.76. The summed E-state index contributed by atoms with van der Waals surface area (Å²) in [6, 6.07) is 2.55. The predicted molar refractivity (Wildman–Crippen MR) is 85.8 cm³/mol. The average molecular weight is 287 g/mol. The van der Waals surface area contributed by atoms with Gasteiger partial charge in [-0.2, -0.15) is 5.10 Å². The Kier molecular flexibility index (Phi) is 4.10. The minimum Gasteiger partial charge on any atom is -0.352 e. The van der Waals surface area contributed by atoms with E-state index in [1.807, 2.05) is 23.8 Å². The van der Waals surface area contributed by atoms with E-state index in [0.29, 0.717) is 12.0 Å². The molecule has 1 aliphatic rings. The zero-order chi connectivity index (χ0) is 14.8. The molecule has 0 saturated carbocycles. The molecule has 5 heteroatoms. The van der Waals surface area contributed by atoms with E-state index in [4.69, 9.17) is 0 Å². The van der Waals surface area contributed by atoms with E-state index in [-0.39, 0.29) is 0 Å². The summed E-state index contributed by atoms with van der Waals surface area (Å²) < 4.78 is 1.94. The van der Waals surface area contributed by atoms with Crippen molar-refractivity contribution in [3.05, 3.63) is 24.2 Å². The molecule has 3 rings (SSSR count). The molecule has 0 bridgehead atoms. The second-order valence-electron chi connectivity index (χ2n) is 6.32. The minimum absolute atomic E-state index is 0.431. The number of fused-ring (bicyclic) bond motifs is 1. The van der Waals surface area contributed by atoms with Crippen LogP contribution in [-0.2, 0) is 0 Å². The first-order valence-electron chi connectivity index (χ1n) is 7.93. The Morgan fingerprint density at radius 1 is 1.48 bits per heavy atom. The number of nitrogens with zero attached hydrogens (tertiary/aromatic N) is 4. The van der Waals surface area contributed by atoms with Crippen LogP contribution in [0.4, 0.5) is 5.82 Å². The van der Waals surface area contributed by atoms with Crippen LogP contribution in [0.3, 0.4) is 0 Å². The van der Waals surface area contributed by atoms with Gasteiger partial charge in [-0.25, -0.2) is 9.50 Å². The van der Waals surface area contributed by atoms with Gasteiger partial charge in [0, 0.05) is 25.0 Å². The van der Waals surface area contributed by atoms with Crippen LogP contribution in [0.2, 0.25) is 0 Å². The molecule has 0 aliphatic carbocycles. The van der Waals surface area contributed by atoms with Gasteiger partial charge in [-0.1, -0.05) is 0 Å². The quantitative estimate of drug-likeness (QED) is 0.937. The van der Waals surface area contributed by atoms with Gasteiger partial charge < -0.3 is 10.2 Å². The standard InChI is InChI=1S/C16H25N5/c1-12(2)20(11-14-5-4-6-17-10-14)16-15-9-13(3)19-21(15)8-7-18-16/h7-9,12,14,17H,4-6,10-11H2,1-3H3. The van der Waals surface area contributed by atoms with Crippen molar-refractivity contribution in [2.45, 2.75) is 39.7 Å². The molecule has 5 nitrogen and oxygen atoms in total. The Bertz CT molecular complexity index is 598. The molecule has 2 aromatic heterocycles. The lowest BCUT2D eigenvalue weighted by Gasteiger charge is -2.33. The molecule has 1 fully saturated rings. The zero-order valence-corrected chi connectivity index (χ0v) is 13.2. The molecule has 1 atom stereocenters. The van der Waals surface area contributed by atoms with E-state index in [0.717, 1.165) is 36.7 Å². The van der Waals surface area contributed by atoms with Crippen molar-refractivity contribution in [3.63, 3.8) is 0 Å². The fourth-order valence-electron chi connectivity index (χ4n) is 3.15. The molecule has 1 saturated heterocycles. The van der Waals surface area contributed by atoms with Crippen molar-refractivity contribution < 1.29 is 0 Å². The Balaban J connectivity index is 1.91. The fraction of sp³-hybridized carbons (Fsp3) is 0.625. The van der Waals surface area contributed by atoms with Gasteiger partial charge in [-0.05, 0) is 58.7 Å². The molecular weight excluding hydrogens is 262 g/mol. The molecule has 1 aliphatic heterocycles. The summed E-state index contributed by atoms with van der Waals surface area (Å²) >= 11 is 0. The molecule has 0 radical (unpaired) electrons. The van der Waals surface area contributed by atoms with Crippen molar-refractivity contribution in [2.75, 3.05) is 24.5 Å². The molecule has 1 unspecified atom stereocenters. The lowest BCUT2D eigenvalue weighted by molar-refractivity contribution is 0.370. The molecule has 21 heavy (non-hydrogen) atoms. The molecule has 2 aromatic rings. The number of aromatic nitrogens is 3. The minimum atomic E-state index is 0.431. The van der Waals surface area contributed by atoms with E-state index in [9.17, 15) is 0 Å². The highest BCUT2D eigenvalue weighted by Crippen LogP contribution is 2.24. The summed E-state index contributed by atoms with van der Waals surface area (Å²) in [5.41, 5.74) is 2.14. The van der Waals surface area contributed by atoms with Crippen molar-refractivity contribution in [2.24, 2.45) is 5.92 Å². The normalized spacial score (nSPS) is 19.3. The van der Waals surface area contributed by atoms with Crippen LogP contribution in [0.25, 0.3) is 5.52 Å². The number of hydrogen-bond donors (Lipinski definition) is 1. The maximum absolute atomic E-state index is 4.65. The summed E-state index contributed by atoms with van der Waals surface area (Å²) in [6.45, 7) is 9.84. The predicted octanol–water partition coefficient (Wildman–Crippen LogP) is 2.25. The largest absolute Gasteiger partial charge is 0.352 e. The molecule has 0 aromatic carbocycles. The second kappa shape index (κ2) is 6.02. The Hall–Kier alpha value is -1.62. The third-order valence-corrected chi connectivity index (χ3v) is 4.24. The molecule has 114 valence electrons. The van der Waals surface area contributed by atoms with Crippen LogP contribution in [-0.4, -0.2) is 40.3 Å². The maximum atomic E-state index is 4.65. The smallest absolute Gasteiger partial charge is 0.154 e. The topological polar surface area (TPSA) is 45.5 Å². The van der Waals surface area contributed by atoms with Gasteiger partial charge in [-0.3, -0.25) is 0 Å². The van der Waals surface area contributed by atoms with Gasteiger partial charge in [-0.15, -0.1) is 0 Å². The first-order chi connectivity index (χ1) is 10.1. The van der Waals surface area contributed by atoms with E-state index >= 15 is 0 Å². The van der Waals surface area contributed by atoms with Gasteiger partial charge in [0.1, 0.15) is 5.52 Å². The first kappa shape index (κ1) is 14.3. The summed E-state index contributed by atoms with van der Waals surface area (Å²) in [7, 11) is 0. The monoisotopic (exact) mass is 287 g/mol. The maximum Gasteiger partial charge on any atom is 0.154 e. The van der Waals surface area contributed by atoms with E-state index < -0.39 is 0 Å². The highest BCUT2D eigenvalue weighted by Gasteiger charge is 2.22. The van der Waals surface area contributed by atoms with Crippen LogP contribution >= 0.6 is 0 Å². The summed E-state index contributed by atoms with van der Waals surface area (Å²) in [5, 5.41) is 8.01. The molecule has 3 heterocycles. The zero-order valence-electron chi connectivity index (χ0n) is 13.2. The number of piperidine rings is 1. The third kappa shape index (κ3) is 3.02. The first-order valence-corrected chi connectivity index (χ1v) is 7.93. The average Bonchev–Trinajstić information content (AvgIpc) is 2.86. The van der Waals surface area contributed by atoms with Crippen LogP contribution in [0.1, 0.15) is 32.4 Å². The van der Waals surface area contributed by atoms with Gasteiger partial charge in [0.2, 0.25) is 0 Å². The van der Waals surface area contributed by atoms with Crippen LogP contribution < -0.4 is 10.2 Å².